The van der Waals surface area contributed by atoms with Crippen molar-refractivity contribution in [3.63, 3.8) is 0 Å². The standard InChI is InChI=1S/C11H17FN2O/c1-3-5-9(8-15-2)13-11-7-4-6-10(12)14-11/h4,6-7,9H,3,5,8H2,1-2H3,(H,13,14). The Morgan fingerprint density at radius 3 is 2.93 bits per heavy atom. The molecule has 84 valence electrons. The molecule has 3 nitrogen and oxygen atoms in total. The van der Waals surface area contributed by atoms with Crippen molar-refractivity contribution >= 4 is 5.82 Å². The summed E-state index contributed by atoms with van der Waals surface area (Å²) in [6, 6.07) is 4.91. The van der Waals surface area contributed by atoms with Crippen LogP contribution in [0.15, 0.2) is 18.2 Å². The second-order valence-corrected chi connectivity index (χ2v) is 3.43. The molecule has 1 heterocycles. The number of rotatable bonds is 6. The molecule has 0 radical (unpaired) electrons. The summed E-state index contributed by atoms with van der Waals surface area (Å²) in [5, 5.41) is 3.15. The first kappa shape index (κ1) is 11.9. The number of nitrogens with one attached hydrogen (secondary N) is 1. The largest absolute Gasteiger partial charge is 0.383 e. The SMILES string of the molecule is CCCC(COC)Nc1cccc(F)n1. The fourth-order valence-corrected chi connectivity index (χ4v) is 1.44. The summed E-state index contributed by atoms with van der Waals surface area (Å²) in [6.45, 7) is 2.70. The lowest BCUT2D eigenvalue weighted by molar-refractivity contribution is 0.182. The molecule has 0 aromatic carbocycles. The van der Waals surface area contributed by atoms with Gasteiger partial charge in [0.05, 0.1) is 12.6 Å². The van der Waals surface area contributed by atoms with Gasteiger partial charge in [0.25, 0.3) is 0 Å². The third-order valence-electron chi connectivity index (χ3n) is 2.07. The van der Waals surface area contributed by atoms with E-state index in [4.69, 9.17) is 4.74 Å². The van der Waals surface area contributed by atoms with E-state index in [1.807, 2.05) is 0 Å². The van der Waals surface area contributed by atoms with Crippen molar-refractivity contribution in [3.8, 4) is 0 Å². The van der Waals surface area contributed by atoms with E-state index in [-0.39, 0.29) is 6.04 Å². The Morgan fingerprint density at radius 1 is 1.53 bits per heavy atom. The van der Waals surface area contributed by atoms with Gasteiger partial charge >= 0.3 is 0 Å². The summed E-state index contributed by atoms with van der Waals surface area (Å²) in [5.41, 5.74) is 0. The normalized spacial score (nSPS) is 12.5. The Balaban J connectivity index is 2.56. The highest BCUT2D eigenvalue weighted by Gasteiger charge is 2.07. The summed E-state index contributed by atoms with van der Waals surface area (Å²) in [6.07, 6.45) is 2.03. The fourth-order valence-electron chi connectivity index (χ4n) is 1.44. The van der Waals surface area contributed by atoms with Gasteiger partial charge in [-0.25, -0.2) is 4.98 Å². The molecule has 0 aliphatic rings. The van der Waals surface area contributed by atoms with Gasteiger partial charge in [-0.3, -0.25) is 0 Å². The third kappa shape index (κ3) is 4.25. The van der Waals surface area contributed by atoms with Crippen molar-refractivity contribution in [2.75, 3.05) is 19.0 Å². The van der Waals surface area contributed by atoms with Crippen LogP contribution >= 0.6 is 0 Å². The van der Waals surface area contributed by atoms with Gasteiger partial charge < -0.3 is 10.1 Å². The zero-order valence-electron chi connectivity index (χ0n) is 9.16. The van der Waals surface area contributed by atoms with Gasteiger partial charge in [-0.1, -0.05) is 19.4 Å². The van der Waals surface area contributed by atoms with Gasteiger partial charge in [-0.15, -0.1) is 0 Å². The van der Waals surface area contributed by atoms with Crippen LogP contribution in [0, 0.1) is 5.95 Å². The average molecular weight is 212 g/mol. The molecule has 0 spiro atoms. The lowest BCUT2D eigenvalue weighted by atomic mass is 10.2. The zero-order chi connectivity index (χ0) is 11.1. The molecule has 4 heteroatoms. The smallest absolute Gasteiger partial charge is 0.214 e. The molecule has 1 aromatic heterocycles. The predicted molar refractivity (Wildman–Crippen MR) is 58.4 cm³/mol. The van der Waals surface area contributed by atoms with Crippen LogP contribution in [0.5, 0.6) is 0 Å². The summed E-state index contributed by atoms with van der Waals surface area (Å²) >= 11 is 0. The molecule has 1 rings (SSSR count). The lowest BCUT2D eigenvalue weighted by Gasteiger charge is -2.17. The van der Waals surface area contributed by atoms with Crippen molar-refractivity contribution in [3.05, 3.63) is 24.1 Å². The van der Waals surface area contributed by atoms with E-state index < -0.39 is 5.95 Å². The average Bonchev–Trinajstić information content (AvgIpc) is 2.18. The van der Waals surface area contributed by atoms with Crippen LogP contribution in [0.2, 0.25) is 0 Å². The Hall–Kier alpha value is -1.16. The maximum atomic E-state index is 12.8. The summed E-state index contributed by atoms with van der Waals surface area (Å²) in [5.74, 6) is 0.0955. The molecule has 15 heavy (non-hydrogen) atoms. The third-order valence-corrected chi connectivity index (χ3v) is 2.07. The Bertz CT molecular complexity index is 288. The van der Waals surface area contributed by atoms with Crippen molar-refractivity contribution in [2.45, 2.75) is 25.8 Å². The monoisotopic (exact) mass is 212 g/mol. The molecule has 1 atom stereocenters. The molecule has 0 saturated carbocycles. The molecule has 0 aliphatic heterocycles. The lowest BCUT2D eigenvalue weighted by Crippen LogP contribution is -2.25. The van der Waals surface area contributed by atoms with Crippen molar-refractivity contribution in [1.82, 2.24) is 4.98 Å². The molecule has 0 amide bonds. The molecule has 1 unspecified atom stereocenters. The quantitative estimate of drug-likeness (QED) is 0.735. The number of nitrogens with zero attached hydrogens (tertiary/aromatic N) is 1. The number of halogens is 1. The number of pyridine rings is 1. The minimum atomic E-state index is -0.465. The highest BCUT2D eigenvalue weighted by Crippen LogP contribution is 2.08. The second-order valence-electron chi connectivity index (χ2n) is 3.43. The first-order chi connectivity index (χ1) is 7.26. The van der Waals surface area contributed by atoms with Crippen LogP contribution < -0.4 is 5.32 Å². The van der Waals surface area contributed by atoms with Crippen LogP contribution in [-0.2, 0) is 4.74 Å². The first-order valence-electron chi connectivity index (χ1n) is 5.14. The number of hydrogen-bond acceptors (Lipinski definition) is 3. The topological polar surface area (TPSA) is 34.1 Å². The summed E-state index contributed by atoms with van der Waals surface area (Å²) in [7, 11) is 1.66. The highest BCUT2D eigenvalue weighted by atomic mass is 19.1. The Kier molecular flexibility index (Phi) is 5.04. The molecule has 0 fully saturated rings. The van der Waals surface area contributed by atoms with E-state index in [1.54, 1.807) is 19.2 Å². The van der Waals surface area contributed by atoms with Gasteiger partial charge in [-0.05, 0) is 18.6 Å². The Labute approximate surface area is 89.7 Å². The maximum absolute atomic E-state index is 12.8. The van der Waals surface area contributed by atoms with Crippen molar-refractivity contribution in [2.24, 2.45) is 0 Å². The molecule has 0 bridgehead atoms. The Morgan fingerprint density at radius 2 is 2.33 bits per heavy atom. The van der Waals surface area contributed by atoms with E-state index in [0.717, 1.165) is 12.8 Å². The van der Waals surface area contributed by atoms with Gasteiger partial charge in [-0.2, -0.15) is 4.39 Å². The minimum Gasteiger partial charge on any atom is -0.383 e. The van der Waals surface area contributed by atoms with Gasteiger partial charge in [0.2, 0.25) is 5.95 Å². The van der Waals surface area contributed by atoms with E-state index >= 15 is 0 Å². The number of hydrogen-bond donors (Lipinski definition) is 1. The molecule has 1 aromatic rings. The van der Waals surface area contributed by atoms with Gasteiger partial charge in [0, 0.05) is 7.11 Å². The second kappa shape index (κ2) is 6.35. The van der Waals surface area contributed by atoms with E-state index in [0.29, 0.717) is 12.4 Å². The van der Waals surface area contributed by atoms with Crippen LogP contribution in [0.3, 0.4) is 0 Å². The minimum absolute atomic E-state index is 0.189. The van der Waals surface area contributed by atoms with Crippen molar-refractivity contribution in [1.29, 1.82) is 0 Å². The van der Waals surface area contributed by atoms with Crippen LogP contribution in [-0.4, -0.2) is 24.7 Å². The van der Waals surface area contributed by atoms with Crippen LogP contribution in [0.1, 0.15) is 19.8 Å². The first-order valence-corrected chi connectivity index (χ1v) is 5.14. The molecular formula is C11H17FN2O. The highest BCUT2D eigenvalue weighted by molar-refractivity contribution is 5.34. The van der Waals surface area contributed by atoms with E-state index in [2.05, 4.69) is 17.2 Å². The van der Waals surface area contributed by atoms with Crippen LogP contribution in [0.4, 0.5) is 10.2 Å². The predicted octanol–water partition coefficient (Wildman–Crippen LogP) is 2.45. The molecular weight excluding hydrogens is 195 g/mol. The molecule has 1 N–H and O–H groups in total. The van der Waals surface area contributed by atoms with Gasteiger partial charge in [0.1, 0.15) is 5.82 Å². The molecule has 0 aliphatic carbocycles. The van der Waals surface area contributed by atoms with E-state index in [1.165, 1.54) is 6.07 Å². The number of ether oxygens (including phenoxy) is 1. The van der Waals surface area contributed by atoms with E-state index in [9.17, 15) is 4.39 Å². The fraction of sp³-hybridized carbons (Fsp3) is 0.545. The number of anilines is 1. The van der Waals surface area contributed by atoms with Crippen LogP contribution in [0.25, 0.3) is 0 Å². The summed E-state index contributed by atoms with van der Waals surface area (Å²) in [4.78, 5) is 3.74. The summed E-state index contributed by atoms with van der Waals surface area (Å²) < 4.78 is 17.9. The molecule has 0 saturated heterocycles. The van der Waals surface area contributed by atoms with Crippen molar-refractivity contribution < 1.29 is 9.13 Å². The maximum Gasteiger partial charge on any atom is 0.214 e. The number of aromatic nitrogens is 1. The zero-order valence-corrected chi connectivity index (χ0v) is 9.16. The number of methoxy groups -OCH3 is 1. The van der Waals surface area contributed by atoms with Gasteiger partial charge in [0.15, 0.2) is 0 Å².